The van der Waals surface area contributed by atoms with Gasteiger partial charge in [-0.05, 0) is 24.5 Å². The lowest BCUT2D eigenvalue weighted by Crippen LogP contribution is -2.48. The molecule has 0 spiro atoms. The summed E-state index contributed by atoms with van der Waals surface area (Å²) in [6.45, 7) is 6.77. The number of rotatable bonds is 3. The van der Waals surface area contributed by atoms with Crippen molar-refractivity contribution in [3.63, 3.8) is 0 Å². The van der Waals surface area contributed by atoms with E-state index in [1.54, 1.807) is 12.3 Å². The molecule has 3 saturated heterocycles. The van der Waals surface area contributed by atoms with Crippen LogP contribution >= 0.6 is 0 Å². The van der Waals surface area contributed by atoms with Gasteiger partial charge in [0.15, 0.2) is 5.82 Å². The summed E-state index contributed by atoms with van der Waals surface area (Å²) in [6.07, 6.45) is 3.99. The first-order valence-corrected chi connectivity index (χ1v) is 11.0. The number of hydrogen-bond acceptors (Lipinski definition) is 5. The van der Waals surface area contributed by atoms with Gasteiger partial charge < -0.3 is 14.2 Å². The molecule has 0 amide bonds. The van der Waals surface area contributed by atoms with Gasteiger partial charge in [0.2, 0.25) is 0 Å². The Labute approximate surface area is 175 Å². The predicted octanol–water partition coefficient (Wildman–Crippen LogP) is 2.08. The summed E-state index contributed by atoms with van der Waals surface area (Å²) < 4.78 is 21.9. The molecule has 2 aromatic rings. The third-order valence-corrected chi connectivity index (χ3v) is 7.48. The van der Waals surface area contributed by atoms with Crippen LogP contribution in [-0.4, -0.2) is 53.8 Å². The zero-order valence-corrected chi connectivity index (χ0v) is 17.0. The van der Waals surface area contributed by atoms with E-state index < -0.39 is 0 Å². The molecule has 0 saturated carbocycles. The van der Waals surface area contributed by atoms with Crippen LogP contribution in [0.1, 0.15) is 23.6 Å². The van der Waals surface area contributed by atoms with E-state index in [1.807, 2.05) is 10.6 Å². The van der Waals surface area contributed by atoms with Crippen molar-refractivity contribution in [2.45, 2.75) is 25.4 Å². The normalized spacial score (nSPS) is 30.4. The lowest BCUT2D eigenvalue weighted by molar-refractivity contribution is 0.152. The largest absolute Gasteiger partial charge is 0.381 e. The van der Waals surface area contributed by atoms with Gasteiger partial charge in [0.25, 0.3) is 5.56 Å². The summed E-state index contributed by atoms with van der Waals surface area (Å²) in [4.78, 5) is 21.7. The first-order chi connectivity index (χ1) is 14.7. The van der Waals surface area contributed by atoms with Gasteiger partial charge in [-0.15, -0.1) is 0 Å². The number of ether oxygens (including phenoxy) is 1. The molecule has 6 nitrogen and oxygen atoms in total. The van der Waals surface area contributed by atoms with Crippen LogP contribution in [-0.2, 0) is 17.8 Å². The van der Waals surface area contributed by atoms with E-state index >= 15 is 0 Å². The molecule has 4 atom stereocenters. The minimum Gasteiger partial charge on any atom is -0.381 e. The fraction of sp³-hybridized carbons (Fsp3) is 0.565. The highest BCUT2D eigenvalue weighted by Crippen LogP contribution is 2.37. The summed E-state index contributed by atoms with van der Waals surface area (Å²) in [7, 11) is 0. The van der Waals surface area contributed by atoms with Crippen LogP contribution in [0.15, 0.2) is 35.4 Å². The van der Waals surface area contributed by atoms with Crippen LogP contribution in [0.2, 0.25) is 0 Å². The highest BCUT2D eigenvalue weighted by molar-refractivity contribution is 5.47. The number of pyridine rings is 2. The van der Waals surface area contributed by atoms with Crippen molar-refractivity contribution >= 4 is 5.69 Å². The molecule has 6 rings (SSSR count). The second-order valence-electron chi connectivity index (χ2n) is 9.48. The Bertz CT molecular complexity index is 1010. The average Bonchev–Trinajstić information content (AvgIpc) is 3.32. The summed E-state index contributed by atoms with van der Waals surface area (Å²) in [5, 5.41) is 0. The second kappa shape index (κ2) is 7.17. The topological polar surface area (TPSA) is 50.6 Å². The molecular formula is C23H27FN4O2. The van der Waals surface area contributed by atoms with Gasteiger partial charge in [-0.1, -0.05) is 6.07 Å². The van der Waals surface area contributed by atoms with Crippen molar-refractivity contribution in [2.75, 3.05) is 44.3 Å². The first-order valence-electron chi connectivity index (χ1n) is 11.0. The molecule has 0 aromatic carbocycles. The molecule has 2 aromatic heterocycles. The summed E-state index contributed by atoms with van der Waals surface area (Å²) in [5.41, 5.74) is 2.79. The van der Waals surface area contributed by atoms with Crippen molar-refractivity contribution in [1.29, 1.82) is 0 Å². The molecule has 4 aliphatic rings. The lowest BCUT2D eigenvalue weighted by atomic mass is 9.82. The van der Waals surface area contributed by atoms with E-state index in [2.05, 4.69) is 20.9 Å². The molecule has 3 fully saturated rings. The molecule has 0 N–H and O–H groups in total. The molecule has 0 unspecified atom stereocenters. The number of halogens is 1. The molecule has 158 valence electrons. The van der Waals surface area contributed by atoms with Crippen LogP contribution in [0.3, 0.4) is 0 Å². The molecule has 0 radical (unpaired) electrons. The smallest absolute Gasteiger partial charge is 0.255 e. The number of fused-ring (bicyclic) bond motifs is 5. The number of likely N-dealkylation sites (tertiary alicyclic amines) is 1. The Morgan fingerprint density at radius 3 is 2.70 bits per heavy atom. The number of piperidine rings is 1. The van der Waals surface area contributed by atoms with Gasteiger partial charge in [-0.2, -0.15) is 0 Å². The molecule has 2 bridgehead atoms. The highest BCUT2D eigenvalue weighted by atomic mass is 19.1. The van der Waals surface area contributed by atoms with Crippen LogP contribution < -0.4 is 10.5 Å². The molecule has 7 heteroatoms. The average molecular weight is 410 g/mol. The number of anilines is 1. The standard InChI is InChI=1S/C23H27FN4O2/c24-20-6-25-4-3-22(20)27-7-15-5-17(12-27)21-2-1-16(23(29)28(21)8-15)9-26-10-18-13-30-14-19(18)11-26/h1-4,6,15,17-19H,5,7-14H2/t15-,17+,18-,19+/m0/s1. The fourth-order valence-electron chi connectivity index (χ4n) is 6.09. The van der Waals surface area contributed by atoms with Crippen LogP contribution in [0, 0.1) is 23.6 Å². The van der Waals surface area contributed by atoms with Gasteiger partial charge in [-0.3, -0.25) is 14.7 Å². The van der Waals surface area contributed by atoms with E-state index in [4.69, 9.17) is 4.74 Å². The fourth-order valence-corrected chi connectivity index (χ4v) is 6.09. The molecular weight excluding hydrogens is 383 g/mol. The third kappa shape index (κ3) is 3.06. The van der Waals surface area contributed by atoms with E-state index in [1.165, 1.54) is 6.20 Å². The van der Waals surface area contributed by atoms with Gasteiger partial charge >= 0.3 is 0 Å². The van der Waals surface area contributed by atoms with Crippen LogP contribution in [0.5, 0.6) is 0 Å². The molecule has 4 aliphatic heterocycles. The Morgan fingerprint density at radius 2 is 1.90 bits per heavy atom. The maximum atomic E-state index is 14.3. The zero-order valence-electron chi connectivity index (χ0n) is 17.0. The molecule has 0 aliphatic carbocycles. The van der Waals surface area contributed by atoms with E-state index in [0.717, 1.165) is 70.2 Å². The van der Waals surface area contributed by atoms with Gasteiger partial charge in [-0.25, -0.2) is 4.39 Å². The number of hydrogen-bond donors (Lipinski definition) is 0. The quantitative estimate of drug-likeness (QED) is 0.776. The lowest BCUT2D eigenvalue weighted by Gasteiger charge is -2.44. The summed E-state index contributed by atoms with van der Waals surface area (Å²) >= 11 is 0. The van der Waals surface area contributed by atoms with E-state index in [0.29, 0.717) is 23.4 Å². The van der Waals surface area contributed by atoms with Crippen molar-refractivity contribution in [3.8, 4) is 0 Å². The summed E-state index contributed by atoms with van der Waals surface area (Å²) in [6, 6.07) is 5.93. The van der Waals surface area contributed by atoms with Crippen LogP contribution in [0.4, 0.5) is 10.1 Å². The SMILES string of the molecule is O=c1c(CN2C[C@H]3COC[C@H]3C2)ccc2n1C[C@H]1C[C@@H]2CN(c2ccncc2F)C1. The Balaban J connectivity index is 1.24. The maximum Gasteiger partial charge on any atom is 0.255 e. The van der Waals surface area contributed by atoms with Gasteiger partial charge in [0.05, 0.1) is 25.1 Å². The second-order valence-corrected chi connectivity index (χ2v) is 9.48. The minimum atomic E-state index is -0.272. The Hall–Kier alpha value is -2.25. The Kier molecular flexibility index (Phi) is 4.42. The van der Waals surface area contributed by atoms with Crippen molar-refractivity contribution in [1.82, 2.24) is 14.5 Å². The third-order valence-electron chi connectivity index (χ3n) is 7.48. The van der Waals surface area contributed by atoms with E-state index in [9.17, 15) is 9.18 Å². The van der Waals surface area contributed by atoms with Crippen molar-refractivity contribution < 1.29 is 9.13 Å². The monoisotopic (exact) mass is 410 g/mol. The van der Waals surface area contributed by atoms with Crippen molar-refractivity contribution in [2.24, 2.45) is 17.8 Å². The van der Waals surface area contributed by atoms with Crippen LogP contribution in [0.25, 0.3) is 0 Å². The maximum absolute atomic E-state index is 14.3. The number of aromatic nitrogens is 2. The molecule has 30 heavy (non-hydrogen) atoms. The minimum absolute atomic E-state index is 0.166. The van der Waals surface area contributed by atoms with E-state index in [-0.39, 0.29) is 17.3 Å². The summed E-state index contributed by atoms with van der Waals surface area (Å²) in [5.74, 6) is 1.61. The molecule has 6 heterocycles. The number of nitrogens with zero attached hydrogens (tertiary/aromatic N) is 4. The zero-order chi connectivity index (χ0) is 20.2. The van der Waals surface area contributed by atoms with Gasteiger partial charge in [0, 0.05) is 74.5 Å². The van der Waals surface area contributed by atoms with Crippen molar-refractivity contribution in [3.05, 3.63) is 58.0 Å². The van der Waals surface area contributed by atoms with Gasteiger partial charge in [0.1, 0.15) is 0 Å². The predicted molar refractivity (Wildman–Crippen MR) is 111 cm³/mol. The Morgan fingerprint density at radius 1 is 1.07 bits per heavy atom. The highest BCUT2D eigenvalue weighted by Gasteiger charge is 2.38. The first kappa shape index (κ1) is 18.5.